The van der Waals surface area contributed by atoms with Crippen LogP contribution in [-0.2, 0) is 9.53 Å². The topological polar surface area (TPSA) is 78.8 Å². The zero-order valence-corrected chi connectivity index (χ0v) is 11.3. The van der Waals surface area contributed by atoms with Crippen molar-refractivity contribution >= 4 is 14.3 Å². The quantitative estimate of drug-likeness (QED) is 0.493. The molecule has 0 spiro atoms. The highest BCUT2D eigenvalue weighted by molar-refractivity contribution is 7.45. The van der Waals surface area contributed by atoms with Crippen LogP contribution in [0.15, 0.2) is 0 Å². The van der Waals surface area contributed by atoms with Crippen molar-refractivity contribution in [2.24, 2.45) is 0 Å². The van der Waals surface area contributed by atoms with Crippen LogP contribution >= 0.6 is 8.38 Å². The van der Waals surface area contributed by atoms with Gasteiger partial charge in [0.05, 0.1) is 0 Å². The van der Waals surface area contributed by atoms with Crippen molar-refractivity contribution in [1.82, 2.24) is 5.32 Å². The molecule has 0 aromatic carbocycles. The Morgan fingerprint density at radius 1 is 1.39 bits per heavy atom. The van der Waals surface area contributed by atoms with Gasteiger partial charge in [0.25, 0.3) is 0 Å². The van der Waals surface area contributed by atoms with E-state index in [0.717, 1.165) is 32.1 Å². The lowest BCUT2D eigenvalue weighted by Crippen LogP contribution is -2.31. The average Bonchev–Trinajstić information content (AvgIpc) is 2.27. The highest BCUT2D eigenvalue weighted by Crippen LogP contribution is 2.20. The van der Waals surface area contributed by atoms with E-state index in [0.29, 0.717) is 0 Å². The molecule has 1 aliphatic carbocycles. The number of carbonyl (C=O) groups excluding carboxylic acids is 1. The first kappa shape index (κ1) is 15.4. The van der Waals surface area contributed by atoms with Gasteiger partial charge in [0.2, 0.25) is 5.91 Å². The molecule has 0 aliphatic heterocycles. The molecule has 0 heterocycles. The van der Waals surface area contributed by atoms with Crippen LogP contribution in [0.5, 0.6) is 0 Å². The van der Waals surface area contributed by atoms with Gasteiger partial charge in [0, 0.05) is 19.1 Å². The van der Waals surface area contributed by atoms with Crippen molar-refractivity contribution in [3.05, 3.63) is 0 Å². The monoisotopic (exact) mass is 273 g/mol. The van der Waals surface area contributed by atoms with Gasteiger partial charge in [0.15, 0.2) is 8.38 Å². The lowest BCUT2D eigenvalue weighted by atomic mass is 10.1. The second-order valence-corrected chi connectivity index (χ2v) is 5.36. The number of amides is 1. The Labute approximate surface area is 109 Å². The van der Waals surface area contributed by atoms with Gasteiger partial charge >= 0.3 is 0 Å². The van der Waals surface area contributed by atoms with Crippen molar-refractivity contribution in [1.29, 1.82) is 0 Å². The first-order chi connectivity index (χ1) is 8.68. The second-order valence-electron chi connectivity index (χ2n) is 4.17. The third-order valence-electron chi connectivity index (χ3n) is 2.58. The van der Waals surface area contributed by atoms with E-state index in [4.69, 9.17) is 14.5 Å². The normalized spacial score (nSPS) is 19.6. The summed E-state index contributed by atoms with van der Waals surface area (Å²) in [5, 5.41) is 2.57. The number of rotatable bonds is 6. The first-order valence-corrected chi connectivity index (χ1v) is 7.63. The van der Waals surface area contributed by atoms with Gasteiger partial charge < -0.3 is 19.8 Å². The molecule has 102 valence electrons. The van der Waals surface area contributed by atoms with Crippen LogP contribution in [0.1, 0.15) is 32.1 Å². The molecule has 0 aromatic heterocycles. The fourth-order valence-electron chi connectivity index (χ4n) is 1.63. The van der Waals surface area contributed by atoms with Crippen molar-refractivity contribution in [3.63, 3.8) is 0 Å². The molecule has 1 amide bonds. The lowest BCUT2D eigenvalue weighted by molar-refractivity contribution is -0.126. The summed E-state index contributed by atoms with van der Waals surface area (Å²) in [6.07, 6.45) is 5.21. The van der Waals surface area contributed by atoms with Crippen LogP contribution in [0.3, 0.4) is 0 Å². The zero-order chi connectivity index (χ0) is 13.2. The molecule has 18 heavy (non-hydrogen) atoms. The Hall–Kier alpha value is -0.660. The maximum absolute atomic E-state index is 11.4. The molecule has 0 bridgehead atoms. The van der Waals surface area contributed by atoms with Crippen LogP contribution in [-0.4, -0.2) is 41.1 Å². The van der Waals surface area contributed by atoms with Crippen LogP contribution in [0.2, 0.25) is 0 Å². The zero-order valence-electron chi connectivity index (χ0n) is 10.4. The summed E-state index contributed by atoms with van der Waals surface area (Å²) in [5.74, 6) is 5.83. The summed E-state index contributed by atoms with van der Waals surface area (Å²) in [7, 11) is -1.94. The Bertz CT molecular complexity index is 311. The standard InChI is InChI=1S/C12H20NO4P/c14-12(13-8-9-18(15)16)10-17-11-6-4-2-1-3-5-7-11/h11,15-16H,1-4,6,8-10H2,(H,13,14). The van der Waals surface area contributed by atoms with Crippen LogP contribution in [0.4, 0.5) is 0 Å². The Morgan fingerprint density at radius 2 is 2.22 bits per heavy atom. The molecule has 6 heteroatoms. The predicted octanol–water partition coefficient (Wildman–Crippen LogP) is 0.752. The van der Waals surface area contributed by atoms with Gasteiger partial charge in [-0.25, -0.2) is 0 Å². The number of nitrogens with one attached hydrogen (secondary N) is 1. The highest BCUT2D eigenvalue weighted by Gasteiger charge is 2.10. The number of ether oxygens (including phenoxy) is 1. The van der Waals surface area contributed by atoms with E-state index in [1.54, 1.807) is 0 Å². The maximum atomic E-state index is 11.4. The third-order valence-corrected chi connectivity index (χ3v) is 3.20. The third kappa shape index (κ3) is 7.62. The largest absolute Gasteiger partial charge is 0.356 e. The molecule has 1 aliphatic rings. The summed E-state index contributed by atoms with van der Waals surface area (Å²) >= 11 is 0. The van der Waals surface area contributed by atoms with Gasteiger partial charge in [0.1, 0.15) is 12.7 Å². The molecule has 1 rings (SSSR count). The fraction of sp³-hybridized carbons (Fsp3) is 0.750. The summed E-state index contributed by atoms with van der Waals surface area (Å²) in [4.78, 5) is 28.7. The molecule has 1 atom stereocenters. The number of hydrogen-bond acceptors (Lipinski definition) is 4. The van der Waals surface area contributed by atoms with Crippen molar-refractivity contribution in [2.75, 3.05) is 19.3 Å². The van der Waals surface area contributed by atoms with E-state index in [1.807, 2.05) is 0 Å². The second kappa shape index (κ2) is 9.29. The van der Waals surface area contributed by atoms with Crippen molar-refractivity contribution in [3.8, 4) is 11.8 Å². The Morgan fingerprint density at radius 3 is 3.00 bits per heavy atom. The summed E-state index contributed by atoms with van der Waals surface area (Å²) in [6, 6.07) is 0. The van der Waals surface area contributed by atoms with E-state index < -0.39 is 8.38 Å². The SMILES string of the molecule is O=C(COC1C#CCCCCC1)NCCP(O)O. The first-order valence-electron chi connectivity index (χ1n) is 6.20. The van der Waals surface area contributed by atoms with Gasteiger partial charge in [-0.2, -0.15) is 0 Å². The summed E-state index contributed by atoms with van der Waals surface area (Å²) < 4.78 is 5.43. The molecular formula is C12H20NO4P. The van der Waals surface area contributed by atoms with Crippen LogP contribution in [0, 0.1) is 11.8 Å². The molecule has 5 nitrogen and oxygen atoms in total. The number of hydrogen-bond donors (Lipinski definition) is 3. The fourth-order valence-corrected chi connectivity index (χ4v) is 1.94. The van der Waals surface area contributed by atoms with Gasteiger partial charge in [-0.05, 0) is 19.3 Å². The molecule has 0 saturated carbocycles. The van der Waals surface area contributed by atoms with E-state index in [2.05, 4.69) is 17.2 Å². The number of carbonyl (C=O) groups is 1. The van der Waals surface area contributed by atoms with E-state index in [1.165, 1.54) is 0 Å². The maximum Gasteiger partial charge on any atom is 0.246 e. The van der Waals surface area contributed by atoms with Gasteiger partial charge in [-0.3, -0.25) is 4.79 Å². The minimum atomic E-state index is -1.94. The molecule has 1 unspecified atom stereocenters. The van der Waals surface area contributed by atoms with Crippen molar-refractivity contribution in [2.45, 2.75) is 38.2 Å². The molecule has 0 fully saturated rings. The van der Waals surface area contributed by atoms with Gasteiger partial charge in [-0.1, -0.05) is 12.3 Å². The molecule has 0 aromatic rings. The van der Waals surface area contributed by atoms with Crippen molar-refractivity contribution < 1.29 is 19.3 Å². The van der Waals surface area contributed by atoms with E-state index in [9.17, 15) is 4.79 Å². The molecule has 0 saturated heterocycles. The summed E-state index contributed by atoms with van der Waals surface area (Å²) in [5.41, 5.74) is 0. The Balaban J connectivity index is 2.16. The van der Waals surface area contributed by atoms with Crippen LogP contribution < -0.4 is 5.32 Å². The highest BCUT2D eigenvalue weighted by atomic mass is 31.2. The lowest BCUT2D eigenvalue weighted by Gasteiger charge is -2.13. The average molecular weight is 273 g/mol. The van der Waals surface area contributed by atoms with Crippen LogP contribution in [0.25, 0.3) is 0 Å². The minimum Gasteiger partial charge on any atom is -0.356 e. The summed E-state index contributed by atoms with van der Waals surface area (Å²) in [6.45, 7) is 0.241. The van der Waals surface area contributed by atoms with E-state index in [-0.39, 0.29) is 31.3 Å². The predicted molar refractivity (Wildman–Crippen MR) is 69.8 cm³/mol. The molecular weight excluding hydrogens is 253 g/mol. The minimum absolute atomic E-state index is 0.0197. The van der Waals surface area contributed by atoms with E-state index >= 15 is 0 Å². The smallest absolute Gasteiger partial charge is 0.246 e. The Kier molecular flexibility index (Phi) is 7.95. The molecule has 3 N–H and O–H groups in total. The van der Waals surface area contributed by atoms with Gasteiger partial charge in [-0.15, -0.1) is 5.92 Å². The molecule has 0 radical (unpaired) electrons.